The van der Waals surface area contributed by atoms with Crippen LogP contribution in [0.2, 0.25) is 4.34 Å². The average Bonchev–Trinajstić information content (AvgIpc) is 3.34. The van der Waals surface area contributed by atoms with Crippen LogP contribution < -0.4 is 20.7 Å². The Kier molecular flexibility index (Phi) is 9.08. The molecule has 0 spiro atoms. The molecule has 0 saturated carbocycles. The Balaban J connectivity index is 1.25. The molecule has 3 aromatic rings. The highest BCUT2D eigenvalue weighted by atomic mass is 35.5. The second kappa shape index (κ2) is 12.9. The number of rotatable bonds is 11. The zero-order valence-corrected chi connectivity index (χ0v) is 25.1. The molecule has 1 saturated heterocycles. The molecule has 15 heteroatoms. The van der Waals surface area contributed by atoms with Crippen molar-refractivity contribution < 1.29 is 33.7 Å². The number of amides is 2. The van der Waals surface area contributed by atoms with Gasteiger partial charge in [-0.25, -0.2) is 9.55 Å². The van der Waals surface area contributed by atoms with Gasteiger partial charge in [0.15, 0.2) is 35.6 Å². The van der Waals surface area contributed by atoms with Crippen LogP contribution in [-0.2, 0) is 32.3 Å². The van der Waals surface area contributed by atoms with E-state index in [9.17, 15) is 24.3 Å². The molecule has 12 nitrogen and oxygen atoms in total. The third-order valence-electron chi connectivity index (χ3n) is 6.85. The minimum atomic E-state index is -1.47. The lowest BCUT2D eigenvalue weighted by Gasteiger charge is -2.50. The van der Waals surface area contributed by atoms with Gasteiger partial charge in [0.2, 0.25) is 5.91 Å². The number of carbonyl (C=O) groups excluding carboxylic acids is 4. The molecule has 222 valence electrons. The van der Waals surface area contributed by atoms with E-state index in [0.717, 1.165) is 16.9 Å². The van der Waals surface area contributed by atoms with Crippen molar-refractivity contribution in [3.63, 3.8) is 0 Å². The number of hydrogen-bond donors (Lipinski definition) is 2. The van der Waals surface area contributed by atoms with Gasteiger partial charge in [-0.05, 0) is 17.7 Å². The lowest BCUT2D eigenvalue weighted by molar-refractivity contribution is -0.689. The smallest absolute Gasteiger partial charge is 0.251 e. The van der Waals surface area contributed by atoms with Crippen LogP contribution in [0.25, 0.3) is 0 Å². The summed E-state index contributed by atoms with van der Waals surface area (Å²) in [5.41, 5.74) is 7.33. The van der Waals surface area contributed by atoms with E-state index in [-0.39, 0.29) is 45.4 Å². The number of thioether (sulfide) groups is 1. The Morgan fingerprint density at radius 2 is 1.95 bits per heavy atom. The van der Waals surface area contributed by atoms with Gasteiger partial charge in [-0.1, -0.05) is 46.3 Å². The van der Waals surface area contributed by atoms with Crippen molar-refractivity contribution in [3.05, 3.63) is 87.3 Å². The molecule has 3 N–H and O–H groups in total. The minimum absolute atomic E-state index is 0.0650. The van der Waals surface area contributed by atoms with Gasteiger partial charge < -0.3 is 25.8 Å². The van der Waals surface area contributed by atoms with E-state index in [1.807, 2.05) is 18.2 Å². The van der Waals surface area contributed by atoms with Gasteiger partial charge in [0.1, 0.15) is 17.1 Å². The molecular weight excluding hydrogens is 616 g/mol. The number of β-lactam (4-membered cyclic amide) rings is 1. The fourth-order valence-corrected chi connectivity index (χ4v) is 7.14. The zero-order chi connectivity index (χ0) is 30.7. The maximum absolute atomic E-state index is 13.2. The van der Waals surface area contributed by atoms with E-state index in [1.165, 1.54) is 23.8 Å². The van der Waals surface area contributed by atoms with E-state index < -0.39 is 29.0 Å². The molecule has 2 amide bonds. The lowest BCUT2D eigenvalue weighted by Crippen LogP contribution is -2.63. The molecule has 43 heavy (non-hydrogen) atoms. The molecule has 4 heterocycles. The van der Waals surface area contributed by atoms with Crippen molar-refractivity contribution >= 4 is 69.1 Å². The topological polar surface area (TPSA) is 171 Å². The number of Topliss-reactive ketones (excluding diaryl/α,β-unsaturated/α-hetero) is 1. The van der Waals surface area contributed by atoms with Crippen LogP contribution in [0.1, 0.15) is 28.0 Å². The first-order valence-corrected chi connectivity index (χ1v) is 15.2. The number of carboxylic acids is 1. The van der Waals surface area contributed by atoms with Gasteiger partial charge in [0.05, 0.1) is 23.0 Å². The Hall–Kier alpha value is -4.27. The Morgan fingerprint density at radius 3 is 2.58 bits per heavy atom. The van der Waals surface area contributed by atoms with E-state index >= 15 is 0 Å². The number of carboxylic acid groups (broad SMARTS) is 1. The number of halogens is 1. The summed E-state index contributed by atoms with van der Waals surface area (Å²) < 4.78 is 1.94. The summed E-state index contributed by atoms with van der Waals surface area (Å²) in [5, 5.41) is 18.4. The first kappa shape index (κ1) is 30.2. The van der Waals surface area contributed by atoms with Crippen molar-refractivity contribution in [1.82, 2.24) is 15.2 Å². The molecule has 5 rings (SSSR count). The summed E-state index contributed by atoms with van der Waals surface area (Å²) >= 11 is 8.49. The number of nitrogens with zero attached hydrogens (tertiary/aromatic N) is 4. The van der Waals surface area contributed by atoms with Crippen molar-refractivity contribution in [2.24, 2.45) is 11.1 Å². The highest BCUT2D eigenvalue weighted by molar-refractivity contribution is 8.00. The zero-order valence-electron chi connectivity index (χ0n) is 22.7. The first-order valence-electron chi connectivity index (χ1n) is 12.9. The largest absolute Gasteiger partial charge is 0.543 e. The van der Waals surface area contributed by atoms with Crippen LogP contribution in [0.5, 0.6) is 0 Å². The van der Waals surface area contributed by atoms with Crippen LogP contribution in [0.3, 0.4) is 0 Å². The number of oxime groups is 1. The number of nitrogens with one attached hydrogen (secondary N) is 1. The van der Waals surface area contributed by atoms with Crippen LogP contribution >= 0.6 is 34.7 Å². The van der Waals surface area contributed by atoms with Crippen molar-refractivity contribution in [2.75, 3.05) is 18.6 Å². The molecule has 0 radical (unpaired) electrons. The van der Waals surface area contributed by atoms with Crippen molar-refractivity contribution in [2.45, 2.75) is 24.9 Å². The third kappa shape index (κ3) is 6.40. The van der Waals surface area contributed by atoms with E-state index in [4.69, 9.17) is 22.2 Å². The summed E-state index contributed by atoms with van der Waals surface area (Å²) in [4.78, 5) is 60.8. The molecule has 2 aliphatic rings. The molecule has 0 bridgehead atoms. The summed E-state index contributed by atoms with van der Waals surface area (Å²) in [5.74, 6) is -3.15. The molecule has 2 atom stereocenters. The number of pyridine rings is 1. The summed E-state index contributed by atoms with van der Waals surface area (Å²) in [6.07, 6.45) is 3.30. The standard InChI is InChI=1S/C28H25ClN6O6S2/c1-41-33-20(21-23(29)43-28(30)32-21)19(36)11-18-25(38)35-22(27(39)40)17(14-42-26(18)35)13-34-9-7-15(8-10-34)12-31-24(37)16-5-3-2-4-6-16/h2-10,18,26H,11-14H2,1H3,(H3-,30,31,32,37,39,40)/b33-20+/t18-,26-/m1/s1. The Labute approximate surface area is 259 Å². The van der Waals surface area contributed by atoms with Crippen molar-refractivity contribution in [1.29, 1.82) is 0 Å². The molecule has 1 aromatic carbocycles. The molecule has 1 fully saturated rings. The van der Waals surface area contributed by atoms with Crippen molar-refractivity contribution in [3.8, 4) is 0 Å². The number of hydrogen-bond acceptors (Lipinski definition) is 11. The highest BCUT2D eigenvalue weighted by Crippen LogP contribution is 2.45. The second-order valence-electron chi connectivity index (χ2n) is 9.61. The van der Waals surface area contributed by atoms with Gasteiger partial charge in [0.25, 0.3) is 5.91 Å². The monoisotopic (exact) mass is 640 g/mol. The fourth-order valence-electron chi connectivity index (χ4n) is 4.81. The third-order valence-corrected chi connectivity index (χ3v) is 9.33. The average molecular weight is 641 g/mol. The minimum Gasteiger partial charge on any atom is -0.543 e. The van der Waals surface area contributed by atoms with Crippen LogP contribution in [0.4, 0.5) is 5.13 Å². The number of anilines is 1. The van der Waals surface area contributed by atoms with Gasteiger partial charge in [-0.15, -0.1) is 11.8 Å². The maximum atomic E-state index is 13.2. The number of nitrogen functional groups attached to an aromatic ring is 1. The molecule has 0 aliphatic carbocycles. The lowest BCUT2D eigenvalue weighted by atomic mass is 9.89. The molecule has 2 aliphatic heterocycles. The number of aliphatic carboxylic acids is 1. The number of aromatic nitrogens is 2. The summed E-state index contributed by atoms with van der Waals surface area (Å²) in [6, 6.07) is 12.5. The maximum Gasteiger partial charge on any atom is 0.251 e. The summed E-state index contributed by atoms with van der Waals surface area (Å²) in [7, 11) is 1.26. The van der Waals surface area contributed by atoms with Crippen LogP contribution in [0.15, 0.2) is 71.3 Å². The predicted molar refractivity (Wildman–Crippen MR) is 158 cm³/mol. The predicted octanol–water partition coefficient (Wildman–Crippen LogP) is 1.14. The van der Waals surface area contributed by atoms with Gasteiger partial charge in [0, 0.05) is 42.0 Å². The van der Waals surface area contributed by atoms with E-state index in [1.54, 1.807) is 41.2 Å². The molecular formula is C28H25ClN6O6S2. The quantitative estimate of drug-likeness (QED) is 0.135. The normalized spacial score (nSPS) is 18.1. The van der Waals surface area contributed by atoms with Crippen LogP contribution in [-0.4, -0.2) is 57.4 Å². The van der Waals surface area contributed by atoms with E-state index in [2.05, 4.69) is 15.5 Å². The van der Waals surface area contributed by atoms with Gasteiger partial charge >= 0.3 is 0 Å². The highest BCUT2D eigenvalue weighted by Gasteiger charge is 2.53. The molecule has 0 unspecified atom stereocenters. The fraction of sp³-hybridized carbons (Fsp3) is 0.250. The number of nitrogens with two attached hydrogens (primary N) is 1. The Morgan fingerprint density at radius 1 is 1.23 bits per heavy atom. The SMILES string of the molecule is CO/N=C(\C(=O)C[C@@H]1C(=O)N2C(C(=O)[O-])=C(C[n+]3ccc(CNC(=O)c4ccccc4)cc3)CS[C@H]12)c1nc(N)sc1Cl. The van der Waals surface area contributed by atoms with Gasteiger partial charge in [-0.3, -0.25) is 19.3 Å². The van der Waals surface area contributed by atoms with Gasteiger partial charge in [-0.2, -0.15) is 0 Å². The number of carbonyl (C=O) groups is 4. The summed E-state index contributed by atoms with van der Waals surface area (Å²) in [6.45, 7) is 0.530. The second-order valence-corrected chi connectivity index (χ2v) is 12.3. The molecule has 2 aromatic heterocycles. The van der Waals surface area contributed by atoms with Crippen LogP contribution in [0, 0.1) is 5.92 Å². The number of fused-ring (bicyclic) bond motifs is 1. The number of ketones is 1. The number of thiazole rings is 1. The first-order chi connectivity index (χ1) is 20.7. The van der Waals surface area contributed by atoms with E-state index in [0.29, 0.717) is 23.4 Å². The Bertz CT molecular complexity index is 1640. The number of benzene rings is 1.